The fraction of sp³-hybridized carbons (Fsp3) is 0.875. The number of carbonyl (C=O) groups excluding carboxylic acids is 1. The highest BCUT2D eigenvalue weighted by Gasteiger charge is 2.29. The summed E-state index contributed by atoms with van der Waals surface area (Å²) < 4.78 is 4.54. The molecule has 4 heteroatoms. The van der Waals surface area contributed by atoms with E-state index in [2.05, 4.69) is 10.1 Å². The average molecular weight is 173 g/mol. The molecule has 0 bridgehead atoms. The van der Waals surface area contributed by atoms with Crippen molar-refractivity contribution in [2.45, 2.75) is 38.0 Å². The second-order valence-electron chi connectivity index (χ2n) is 3.23. The maximum Gasteiger partial charge on any atom is 0.322 e. The largest absolute Gasteiger partial charge is 0.468 e. The first-order valence-corrected chi connectivity index (χ1v) is 4.15. The van der Waals surface area contributed by atoms with Crippen LogP contribution in [0.3, 0.4) is 0 Å². The first-order chi connectivity index (χ1) is 5.63. The molecule has 1 atom stereocenters. The molecule has 0 amide bonds. The van der Waals surface area contributed by atoms with Gasteiger partial charge in [-0.1, -0.05) is 0 Å². The minimum atomic E-state index is -0.271. The Hall–Kier alpha value is -0.610. The molecule has 70 valence electrons. The van der Waals surface area contributed by atoms with E-state index in [1.165, 1.54) is 7.11 Å². The van der Waals surface area contributed by atoms with Gasteiger partial charge in [0.2, 0.25) is 0 Å². The lowest BCUT2D eigenvalue weighted by Gasteiger charge is -2.33. The van der Waals surface area contributed by atoms with Crippen LogP contribution < -0.4 is 5.32 Å². The number of esters is 1. The third kappa shape index (κ3) is 2.19. The Kier molecular flexibility index (Phi) is 3.05. The number of hydrogen-bond acceptors (Lipinski definition) is 4. The SMILES string of the molecule is COC(=O)C(C)NC1CC(O)C1. The molecule has 1 unspecified atom stereocenters. The molecule has 12 heavy (non-hydrogen) atoms. The Bertz CT molecular complexity index is 166. The predicted molar refractivity (Wildman–Crippen MR) is 43.6 cm³/mol. The van der Waals surface area contributed by atoms with E-state index in [4.69, 9.17) is 5.11 Å². The Labute approximate surface area is 71.9 Å². The minimum absolute atomic E-state index is 0.188. The second kappa shape index (κ2) is 3.87. The van der Waals surface area contributed by atoms with Crippen LogP contribution in [0.15, 0.2) is 0 Å². The summed E-state index contributed by atoms with van der Waals surface area (Å²) in [5.41, 5.74) is 0. The number of methoxy groups -OCH3 is 1. The normalized spacial score (nSPS) is 30.6. The topological polar surface area (TPSA) is 58.6 Å². The summed E-state index contributed by atoms with van der Waals surface area (Å²) in [5, 5.41) is 12.0. The van der Waals surface area contributed by atoms with Crippen molar-refractivity contribution in [1.82, 2.24) is 5.32 Å². The Morgan fingerprint density at radius 2 is 2.25 bits per heavy atom. The number of aliphatic hydroxyl groups is 1. The zero-order valence-corrected chi connectivity index (χ0v) is 7.41. The summed E-state index contributed by atoms with van der Waals surface area (Å²) in [4.78, 5) is 10.9. The van der Waals surface area contributed by atoms with Gasteiger partial charge in [-0.15, -0.1) is 0 Å². The highest BCUT2D eigenvalue weighted by atomic mass is 16.5. The molecule has 1 aliphatic carbocycles. The highest BCUT2D eigenvalue weighted by Crippen LogP contribution is 2.19. The fourth-order valence-electron chi connectivity index (χ4n) is 1.32. The van der Waals surface area contributed by atoms with Crippen molar-refractivity contribution in [1.29, 1.82) is 0 Å². The summed E-state index contributed by atoms with van der Waals surface area (Å²) in [6, 6.07) is 0.00148. The van der Waals surface area contributed by atoms with Crippen LogP contribution in [-0.2, 0) is 9.53 Å². The number of rotatable bonds is 3. The molecule has 0 saturated heterocycles. The lowest BCUT2D eigenvalue weighted by atomic mass is 9.89. The molecule has 1 saturated carbocycles. The van der Waals surface area contributed by atoms with Gasteiger partial charge < -0.3 is 15.2 Å². The zero-order valence-electron chi connectivity index (χ0n) is 7.41. The second-order valence-corrected chi connectivity index (χ2v) is 3.23. The molecule has 0 radical (unpaired) electrons. The van der Waals surface area contributed by atoms with Crippen molar-refractivity contribution in [2.24, 2.45) is 0 Å². The van der Waals surface area contributed by atoms with Crippen LogP contribution >= 0.6 is 0 Å². The molecule has 0 heterocycles. The number of ether oxygens (including phenoxy) is 1. The van der Waals surface area contributed by atoms with Crippen molar-refractivity contribution in [2.75, 3.05) is 7.11 Å². The molecular formula is C8H15NO3. The van der Waals surface area contributed by atoms with E-state index in [0.29, 0.717) is 0 Å². The van der Waals surface area contributed by atoms with Crippen molar-refractivity contribution in [3.8, 4) is 0 Å². The van der Waals surface area contributed by atoms with Gasteiger partial charge in [0.15, 0.2) is 0 Å². The van der Waals surface area contributed by atoms with Crippen LogP contribution in [0, 0.1) is 0 Å². The van der Waals surface area contributed by atoms with Crippen LogP contribution in [0.5, 0.6) is 0 Å². The summed E-state index contributed by atoms with van der Waals surface area (Å²) in [6.45, 7) is 1.76. The molecule has 0 aromatic carbocycles. The Balaban J connectivity index is 2.18. The van der Waals surface area contributed by atoms with Crippen LogP contribution in [0.25, 0.3) is 0 Å². The summed E-state index contributed by atoms with van der Waals surface area (Å²) in [7, 11) is 1.37. The Morgan fingerprint density at radius 3 is 2.67 bits per heavy atom. The van der Waals surface area contributed by atoms with Gasteiger partial charge in [0.1, 0.15) is 6.04 Å². The first kappa shape index (κ1) is 9.48. The fourth-order valence-corrected chi connectivity index (χ4v) is 1.32. The van der Waals surface area contributed by atoms with E-state index in [1.54, 1.807) is 6.92 Å². The van der Waals surface area contributed by atoms with Crippen LogP contribution in [-0.4, -0.2) is 36.4 Å². The van der Waals surface area contributed by atoms with Crippen LogP contribution in [0.1, 0.15) is 19.8 Å². The standard InChI is InChI=1S/C8H15NO3/c1-5(8(11)12-2)9-6-3-7(10)4-6/h5-7,9-10H,3-4H2,1-2H3. The van der Waals surface area contributed by atoms with Crippen LogP contribution in [0.4, 0.5) is 0 Å². The van der Waals surface area contributed by atoms with Gasteiger partial charge >= 0.3 is 5.97 Å². The molecule has 0 aliphatic heterocycles. The third-order valence-corrected chi connectivity index (χ3v) is 2.15. The van der Waals surface area contributed by atoms with Gasteiger partial charge in [0.25, 0.3) is 0 Å². The number of nitrogens with one attached hydrogen (secondary N) is 1. The van der Waals surface area contributed by atoms with Crippen molar-refractivity contribution in [3.05, 3.63) is 0 Å². The third-order valence-electron chi connectivity index (χ3n) is 2.15. The maximum atomic E-state index is 10.9. The van der Waals surface area contributed by atoms with Gasteiger partial charge in [0.05, 0.1) is 13.2 Å². The smallest absolute Gasteiger partial charge is 0.322 e. The molecule has 2 N–H and O–H groups in total. The maximum absolute atomic E-state index is 10.9. The average Bonchev–Trinajstić information content (AvgIpc) is 2.00. The summed E-state index contributed by atoms with van der Waals surface area (Å²) in [5.74, 6) is -0.253. The molecule has 4 nitrogen and oxygen atoms in total. The van der Waals surface area contributed by atoms with Crippen molar-refractivity contribution >= 4 is 5.97 Å². The van der Waals surface area contributed by atoms with Gasteiger partial charge in [-0.25, -0.2) is 0 Å². The Morgan fingerprint density at radius 1 is 1.67 bits per heavy atom. The molecule has 1 aliphatic rings. The quantitative estimate of drug-likeness (QED) is 0.573. The first-order valence-electron chi connectivity index (χ1n) is 4.15. The summed E-state index contributed by atoms with van der Waals surface area (Å²) in [6.07, 6.45) is 1.29. The predicted octanol–water partition coefficient (Wildman–Crippen LogP) is -0.339. The van der Waals surface area contributed by atoms with Gasteiger partial charge in [-0.3, -0.25) is 4.79 Å². The number of hydrogen-bond donors (Lipinski definition) is 2. The van der Waals surface area contributed by atoms with Crippen molar-refractivity contribution in [3.63, 3.8) is 0 Å². The molecule has 1 fully saturated rings. The number of carbonyl (C=O) groups is 1. The van der Waals surface area contributed by atoms with E-state index in [1.807, 2.05) is 0 Å². The van der Waals surface area contributed by atoms with E-state index in [-0.39, 0.29) is 24.2 Å². The van der Waals surface area contributed by atoms with Crippen molar-refractivity contribution < 1.29 is 14.6 Å². The molecule has 0 spiro atoms. The molecule has 1 rings (SSSR count). The molecule has 0 aromatic heterocycles. The van der Waals surface area contributed by atoms with Crippen LogP contribution in [0.2, 0.25) is 0 Å². The monoisotopic (exact) mass is 173 g/mol. The summed E-state index contributed by atoms with van der Waals surface area (Å²) >= 11 is 0. The van der Waals surface area contributed by atoms with Gasteiger partial charge in [0, 0.05) is 6.04 Å². The zero-order chi connectivity index (χ0) is 9.14. The number of aliphatic hydroxyl groups excluding tert-OH is 1. The highest BCUT2D eigenvalue weighted by molar-refractivity contribution is 5.75. The van der Waals surface area contributed by atoms with E-state index in [0.717, 1.165) is 12.8 Å². The van der Waals surface area contributed by atoms with E-state index >= 15 is 0 Å². The lowest BCUT2D eigenvalue weighted by molar-refractivity contribution is -0.143. The lowest BCUT2D eigenvalue weighted by Crippen LogP contribution is -2.50. The van der Waals surface area contributed by atoms with Gasteiger partial charge in [-0.2, -0.15) is 0 Å². The van der Waals surface area contributed by atoms with Gasteiger partial charge in [-0.05, 0) is 19.8 Å². The molecular weight excluding hydrogens is 158 g/mol. The molecule has 0 aromatic rings. The van der Waals surface area contributed by atoms with E-state index < -0.39 is 0 Å². The van der Waals surface area contributed by atoms with E-state index in [9.17, 15) is 4.79 Å². The minimum Gasteiger partial charge on any atom is -0.468 e.